The van der Waals surface area contributed by atoms with E-state index in [1.807, 2.05) is 44.2 Å². The number of benzene rings is 2. The molecule has 2 heterocycles. The fourth-order valence-electron chi connectivity index (χ4n) is 3.82. The van der Waals surface area contributed by atoms with E-state index < -0.39 is 23.6 Å². The minimum atomic E-state index is -4.43. The third-order valence-corrected chi connectivity index (χ3v) is 6.58. The summed E-state index contributed by atoms with van der Waals surface area (Å²) in [4.78, 5) is 17.7. The maximum absolute atomic E-state index is 13.0. The first-order valence-corrected chi connectivity index (χ1v) is 11.3. The largest absolute Gasteiger partial charge is 0.481 e. The van der Waals surface area contributed by atoms with Crippen molar-refractivity contribution in [3.05, 3.63) is 77.9 Å². The number of pyridine rings is 1. The third kappa shape index (κ3) is 5.09. The summed E-state index contributed by atoms with van der Waals surface area (Å²) in [5.41, 5.74) is 1.41. The van der Waals surface area contributed by atoms with Crippen LogP contribution in [0.5, 0.6) is 0 Å². The van der Waals surface area contributed by atoms with Crippen LogP contribution in [-0.4, -0.2) is 16.1 Å². The fraction of sp³-hybridized carbons (Fsp3) is 0.231. The van der Waals surface area contributed by atoms with Crippen LogP contribution in [-0.2, 0) is 11.0 Å². The minimum Gasteiger partial charge on any atom is -0.481 e. The summed E-state index contributed by atoms with van der Waals surface area (Å²) in [6.07, 6.45) is -3.99. The smallest absolute Gasteiger partial charge is 0.416 e. The Balaban J connectivity index is 1.86. The number of halogens is 3. The Labute approximate surface area is 193 Å². The van der Waals surface area contributed by atoms with Gasteiger partial charge in [-0.25, -0.2) is 4.98 Å². The Morgan fingerprint density at radius 3 is 2.27 bits per heavy atom. The average Bonchev–Trinajstić information content (AvgIpc) is 3.21. The molecule has 2 aromatic heterocycles. The monoisotopic (exact) mass is 469 g/mol. The van der Waals surface area contributed by atoms with Crippen molar-refractivity contribution < 1.29 is 23.1 Å². The van der Waals surface area contributed by atoms with Crippen LogP contribution in [0, 0.1) is 5.92 Å². The van der Waals surface area contributed by atoms with E-state index in [1.54, 1.807) is 23.5 Å². The van der Waals surface area contributed by atoms with E-state index in [4.69, 9.17) is 4.98 Å². The Hall–Kier alpha value is -3.19. The highest BCUT2D eigenvalue weighted by atomic mass is 32.1. The lowest BCUT2D eigenvalue weighted by Gasteiger charge is -2.17. The van der Waals surface area contributed by atoms with Gasteiger partial charge >= 0.3 is 12.1 Å². The molecule has 0 saturated heterocycles. The van der Waals surface area contributed by atoms with E-state index in [9.17, 15) is 23.1 Å². The van der Waals surface area contributed by atoms with Gasteiger partial charge in [-0.15, -0.1) is 11.3 Å². The van der Waals surface area contributed by atoms with Gasteiger partial charge in [-0.05, 0) is 59.7 Å². The lowest BCUT2D eigenvalue weighted by atomic mass is 9.89. The maximum Gasteiger partial charge on any atom is 0.416 e. The molecule has 0 aliphatic rings. The number of thiophene rings is 1. The van der Waals surface area contributed by atoms with Gasteiger partial charge in [-0.2, -0.15) is 13.2 Å². The van der Waals surface area contributed by atoms with E-state index in [-0.39, 0.29) is 5.92 Å². The standard InChI is InChI=1S/C26H22F3NO2S/c1-15(2)11-20(25(31)32)18-12-21(16-7-9-19(10-8-16)26(27,28)29)30-22(13-18)24-14-17-5-3-4-6-23(17)33-24/h3-10,12-15,20H,11H2,1-2H3,(H,31,32). The molecule has 2 aromatic carbocycles. The van der Waals surface area contributed by atoms with Gasteiger partial charge in [-0.3, -0.25) is 4.79 Å². The quantitative estimate of drug-likeness (QED) is 0.313. The Kier molecular flexibility index (Phi) is 6.26. The van der Waals surface area contributed by atoms with Crippen LogP contribution in [0.3, 0.4) is 0 Å². The van der Waals surface area contributed by atoms with E-state index >= 15 is 0 Å². The summed E-state index contributed by atoms with van der Waals surface area (Å²) >= 11 is 1.54. The lowest BCUT2D eigenvalue weighted by molar-refractivity contribution is -0.139. The topological polar surface area (TPSA) is 50.2 Å². The van der Waals surface area contributed by atoms with Crippen LogP contribution in [0.4, 0.5) is 13.2 Å². The number of carboxylic acids is 1. The van der Waals surface area contributed by atoms with Crippen LogP contribution in [0.15, 0.2) is 66.7 Å². The fourth-order valence-corrected chi connectivity index (χ4v) is 4.84. The number of aromatic nitrogens is 1. The van der Waals surface area contributed by atoms with Crippen molar-refractivity contribution in [2.45, 2.75) is 32.4 Å². The number of rotatable bonds is 6. The van der Waals surface area contributed by atoms with Crippen LogP contribution in [0.2, 0.25) is 0 Å². The first-order chi connectivity index (χ1) is 15.6. The molecule has 0 aliphatic carbocycles. The second kappa shape index (κ2) is 8.98. The zero-order valence-corrected chi connectivity index (χ0v) is 18.9. The molecule has 0 radical (unpaired) electrons. The number of hydrogen-bond acceptors (Lipinski definition) is 3. The molecule has 3 nitrogen and oxygen atoms in total. The number of carboxylic acid groups (broad SMARTS) is 1. The molecule has 170 valence electrons. The van der Waals surface area contributed by atoms with Crippen molar-refractivity contribution >= 4 is 27.4 Å². The van der Waals surface area contributed by atoms with Gasteiger partial charge in [0, 0.05) is 10.3 Å². The van der Waals surface area contributed by atoms with Crippen LogP contribution in [0.1, 0.15) is 37.3 Å². The van der Waals surface area contributed by atoms with Gasteiger partial charge in [0.1, 0.15) is 0 Å². The van der Waals surface area contributed by atoms with Crippen molar-refractivity contribution in [2.24, 2.45) is 5.92 Å². The van der Waals surface area contributed by atoms with Gasteiger partial charge in [0.2, 0.25) is 0 Å². The van der Waals surface area contributed by atoms with Crippen LogP contribution >= 0.6 is 11.3 Å². The summed E-state index contributed by atoms with van der Waals surface area (Å²) < 4.78 is 40.1. The molecule has 4 aromatic rings. The highest BCUT2D eigenvalue weighted by Crippen LogP contribution is 2.37. The number of nitrogens with zero attached hydrogens (tertiary/aromatic N) is 1. The highest BCUT2D eigenvalue weighted by Gasteiger charge is 2.30. The van der Waals surface area contributed by atoms with Crippen molar-refractivity contribution in [2.75, 3.05) is 0 Å². The van der Waals surface area contributed by atoms with Crippen LogP contribution in [0.25, 0.3) is 31.9 Å². The molecule has 1 N–H and O–H groups in total. The number of aliphatic carboxylic acids is 1. The molecule has 1 unspecified atom stereocenters. The molecule has 1 atom stereocenters. The molecule has 4 rings (SSSR count). The van der Waals surface area contributed by atoms with Crippen LogP contribution < -0.4 is 0 Å². The summed E-state index contributed by atoms with van der Waals surface area (Å²) in [7, 11) is 0. The summed E-state index contributed by atoms with van der Waals surface area (Å²) in [5.74, 6) is -1.52. The predicted molar refractivity (Wildman–Crippen MR) is 125 cm³/mol. The van der Waals surface area contributed by atoms with Gasteiger partial charge in [0.25, 0.3) is 0 Å². The van der Waals surface area contributed by atoms with E-state index in [0.717, 1.165) is 27.1 Å². The van der Waals surface area contributed by atoms with Crippen molar-refractivity contribution in [1.82, 2.24) is 4.98 Å². The second-order valence-electron chi connectivity index (χ2n) is 8.41. The number of hydrogen-bond donors (Lipinski definition) is 1. The molecule has 7 heteroatoms. The van der Waals surface area contributed by atoms with Crippen molar-refractivity contribution in [3.63, 3.8) is 0 Å². The second-order valence-corrected chi connectivity index (χ2v) is 9.50. The first-order valence-electron chi connectivity index (χ1n) is 10.5. The van der Waals surface area contributed by atoms with E-state index in [0.29, 0.717) is 28.9 Å². The number of fused-ring (bicyclic) bond motifs is 1. The van der Waals surface area contributed by atoms with E-state index in [1.165, 1.54) is 12.1 Å². The lowest BCUT2D eigenvalue weighted by Crippen LogP contribution is -2.14. The Bertz CT molecular complexity index is 1260. The predicted octanol–water partition coefficient (Wildman–Crippen LogP) is 7.86. The molecule has 0 spiro atoms. The summed E-state index contributed by atoms with van der Waals surface area (Å²) in [5, 5.41) is 10.9. The molecule has 0 fully saturated rings. The Morgan fingerprint density at radius 2 is 1.67 bits per heavy atom. The number of alkyl halides is 3. The molecule has 0 aliphatic heterocycles. The zero-order valence-electron chi connectivity index (χ0n) is 18.1. The molecular formula is C26H22F3NO2S. The SMILES string of the molecule is CC(C)CC(C(=O)O)c1cc(-c2ccc(C(F)(F)F)cc2)nc(-c2cc3ccccc3s2)c1. The van der Waals surface area contributed by atoms with Gasteiger partial charge in [-0.1, -0.05) is 44.2 Å². The molecule has 0 saturated carbocycles. The maximum atomic E-state index is 13.0. The van der Waals surface area contributed by atoms with E-state index in [2.05, 4.69) is 0 Å². The number of carbonyl (C=O) groups is 1. The van der Waals surface area contributed by atoms with Gasteiger partial charge in [0.05, 0.1) is 27.7 Å². The zero-order chi connectivity index (χ0) is 23.8. The highest BCUT2D eigenvalue weighted by molar-refractivity contribution is 7.22. The molecular weight excluding hydrogens is 447 g/mol. The third-order valence-electron chi connectivity index (χ3n) is 5.44. The van der Waals surface area contributed by atoms with Gasteiger partial charge < -0.3 is 5.11 Å². The summed E-state index contributed by atoms with van der Waals surface area (Å²) in [6, 6.07) is 18.2. The Morgan fingerprint density at radius 1 is 1.00 bits per heavy atom. The van der Waals surface area contributed by atoms with Crippen molar-refractivity contribution in [1.29, 1.82) is 0 Å². The molecule has 33 heavy (non-hydrogen) atoms. The van der Waals surface area contributed by atoms with Gasteiger partial charge in [0.15, 0.2) is 0 Å². The first kappa shape index (κ1) is 23.0. The van der Waals surface area contributed by atoms with Crippen molar-refractivity contribution in [3.8, 4) is 21.8 Å². The normalized spacial score (nSPS) is 12.9. The average molecular weight is 470 g/mol. The molecule has 0 amide bonds. The molecule has 0 bridgehead atoms. The summed E-state index contributed by atoms with van der Waals surface area (Å²) in [6.45, 7) is 3.92. The minimum absolute atomic E-state index is 0.154.